The zero-order valence-electron chi connectivity index (χ0n) is 13.0. The second kappa shape index (κ2) is 6.74. The molecule has 6 heteroatoms. The summed E-state index contributed by atoms with van der Waals surface area (Å²) in [6.07, 6.45) is 2.14. The topological polar surface area (TPSA) is 71.3 Å². The maximum Gasteiger partial charge on any atom is 0.311 e. The summed E-state index contributed by atoms with van der Waals surface area (Å²) in [5, 5.41) is 14.3. The second-order valence-electron chi connectivity index (χ2n) is 5.90. The highest BCUT2D eigenvalue weighted by atomic mass is 16.6. The van der Waals surface area contributed by atoms with Crippen molar-refractivity contribution in [2.24, 2.45) is 11.8 Å². The van der Waals surface area contributed by atoms with Gasteiger partial charge in [0.15, 0.2) is 0 Å². The van der Waals surface area contributed by atoms with Crippen LogP contribution in [-0.2, 0) is 0 Å². The van der Waals surface area contributed by atoms with E-state index in [1.54, 1.807) is 12.1 Å². The summed E-state index contributed by atoms with van der Waals surface area (Å²) in [6, 6.07) is 3.22. The fourth-order valence-electron chi connectivity index (χ4n) is 2.87. The predicted molar refractivity (Wildman–Crippen MR) is 84.8 cm³/mol. The van der Waals surface area contributed by atoms with Crippen LogP contribution in [0.25, 0.3) is 0 Å². The molecule has 0 aliphatic carbocycles. The number of piperidine rings is 1. The van der Waals surface area contributed by atoms with Gasteiger partial charge in [0.2, 0.25) is 5.82 Å². The normalized spacial score (nSPS) is 16.3. The Bertz CT molecular complexity index is 496. The van der Waals surface area contributed by atoms with Crippen LogP contribution < -0.4 is 10.2 Å². The number of anilines is 2. The van der Waals surface area contributed by atoms with Gasteiger partial charge in [0, 0.05) is 25.7 Å². The molecule has 116 valence electrons. The molecular weight excluding hydrogens is 268 g/mol. The first-order valence-corrected chi connectivity index (χ1v) is 7.67. The van der Waals surface area contributed by atoms with Crippen molar-refractivity contribution in [3.8, 4) is 0 Å². The van der Waals surface area contributed by atoms with Crippen LogP contribution in [0.1, 0.15) is 33.6 Å². The SMILES string of the molecule is CCNc1ccc([N+](=O)[O-])c(N2CCC(C(C)C)CC2)n1. The van der Waals surface area contributed by atoms with Crippen LogP contribution in [-0.4, -0.2) is 29.5 Å². The molecule has 0 saturated carbocycles. The van der Waals surface area contributed by atoms with Crippen molar-refractivity contribution in [2.45, 2.75) is 33.6 Å². The van der Waals surface area contributed by atoms with E-state index in [4.69, 9.17) is 0 Å². The molecule has 1 aliphatic heterocycles. The lowest BCUT2D eigenvalue weighted by atomic mass is 9.87. The van der Waals surface area contributed by atoms with Gasteiger partial charge in [0.1, 0.15) is 5.82 Å². The maximum atomic E-state index is 11.2. The van der Waals surface area contributed by atoms with Crippen LogP contribution in [0.4, 0.5) is 17.3 Å². The Morgan fingerprint density at radius 3 is 2.62 bits per heavy atom. The van der Waals surface area contributed by atoms with Gasteiger partial charge in [0.05, 0.1) is 4.92 Å². The summed E-state index contributed by atoms with van der Waals surface area (Å²) < 4.78 is 0. The Balaban J connectivity index is 2.21. The molecule has 0 amide bonds. The number of nitrogens with zero attached hydrogens (tertiary/aromatic N) is 3. The third-order valence-electron chi connectivity index (χ3n) is 4.19. The first-order chi connectivity index (χ1) is 10.0. The lowest BCUT2D eigenvalue weighted by molar-refractivity contribution is -0.384. The molecule has 0 unspecified atom stereocenters. The van der Waals surface area contributed by atoms with Crippen LogP contribution in [0.5, 0.6) is 0 Å². The quantitative estimate of drug-likeness (QED) is 0.666. The van der Waals surface area contributed by atoms with Crippen molar-refractivity contribution in [2.75, 3.05) is 29.9 Å². The Hall–Kier alpha value is -1.85. The Morgan fingerprint density at radius 2 is 2.10 bits per heavy atom. The van der Waals surface area contributed by atoms with Crippen molar-refractivity contribution in [3.05, 3.63) is 22.2 Å². The van der Waals surface area contributed by atoms with Crippen LogP contribution in [0.2, 0.25) is 0 Å². The third kappa shape index (κ3) is 3.62. The number of hydrogen-bond acceptors (Lipinski definition) is 5. The van der Waals surface area contributed by atoms with E-state index >= 15 is 0 Å². The molecule has 1 fully saturated rings. The molecule has 1 aliphatic rings. The van der Waals surface area contributed by atoms with E-state index < -0.39 is 0 Å². The van der Waals surface area contributed by atoms with Gasteiger partial charge in [0.25, 0.3) is 0 Å². The number of nitro groups is 1. The minimum Gasteiger partial charge on any atom is -0.370 e. The fraction of sp³-hybridized carbons (Fsp3) is 0.667. The van der Waals surface area contributed by atoms with Gasteiger partial charge >= 0.3 is 5.69 Å². The standard InChI is InChI=1S/C15H24N4O2/c1-4-16-14-6-5-13(19(20)21)15(17-14)18-9-7-12(8-10-18)11(2)3/h5-6,11-12H,4,7-10H2,1-3H3,(H,16,17). The lowest BCUT2D eigenvalue weighted by Gasteiger charge is -2.34. The minimum atomic E-state index is -0.341. The molecule has 0 bridgehead atoms. The number of nitrogens with one attached hydrogen (secondary N) is 1. The zero-order chi connectivity index (χ0) is 15.4. The number of pyridine rings is 1. The molecule has 0 aromatic carbocycles. The molecule has 1 N–H and O–H groups in total. The van der Waals surface area contributed by atoms with Gasteiger partial charge in [-0.1, -0.05) is 13.8 Å². The van der Waals surface area contributed by atoms with Gasteiger partial charge in [-0.3, -0.25) is 10.1 Å². The van der Waals surface area contributed by atoms with E-state index in [2.05, 4.69) is 29.0 Å². The molecule has 1 aromatic heterocycles. The highest BCUT2D eigenvalue weighted by Gasteiger charge is 2.27. The molecule has 0 atom stereocenters. The number of hydrogen-bond donors (Lipinski definition) is 1. The van der Waals surface area contributed by atoms with E-state index in [-0.39, 0.29) is 10.6 Å². The van der Waals surface area contributed by atoms with Crippen LogP contribution in [0.3, 0.4) is 0 Å². The van der Waals surface area contributed by atoms with E-state index in [1.165, 1.54) is 0 Å². The number of aromatic nitrogens is 1. The van der Waals surface area contributed by atoms with Gasteiger partial charge < -0.3 is 10.2 Å². The van der Waals surface area contributed by atoms with E-state index in [9.17, 15) is 10.1 Å². The molecule has 1 saturated heterocycles. The van der Waals surface area contributed by atoms with E-state index in [0.717, 1.165) is 32.5 Å². The second-order valence-corrected chi connectivity index (χ2v) is 5.90. The predicted octanol–water partition coefficient (Wildman–Crippen LogP) is 3.29. The molecule has 0 radical (unpaired) electrons. The smallest absolute Gasteiger partial charge is 0.311 e. The molecule has 2 rings (SSSR count). The van der Waals surface area contributed by atoms with Crippen molar-refractivity contribution in [1.29, 1.82) is 0 Å². The Morgan fingerprint density at radius 1 is 1.43 bits per heavy atom. The van der Waals surface area contributed by atoms with Gasteiger partial charge in [-0.15, -0.1) is 0 Å². The summed E-state index contributed by atoms with van der Waals surface area (Å²) in [7, 11) is 0. The first-order valence-electron chi connectivity index (χ1n) is 7.67. The van der Waals surface area contributed by atoms with E-state index in [1.807, 2.05) is 6.92 Å². The van der Waals surface area contributed by atoms with Crippen LogP contribution in [0, 0.1) is 22.0 Å². The lowest BCUT2D eigenvalue weighted by Crippen LogP contribution is -2.36. The summed E-state index contributed by atoms with van der Waals surface area (Å²) in [5.74, 6) is 2.57. The van der Waals surface area contributed by atoms with E-state index in [0.29, 0.717) is 23.5 Å². The zero-order valence-corrected chi connectivity index (χ0v) is 13.0. The average Bonchev–Trinajstić information content (AvgIpc) is 2.47. The summed E-state index contributed by atoms with van der Waals surface area (Å²) in [4.78, 5) is 17.4. The van der Waals surface area contributed by atoms with Crippen LogP contribution >= 0.6 is 0 Å². The highest BCUT2D eigenvalue weighted by molar-refractivity contribution is 5.62. The van der Waals surface area contributed by atoms with Crippen molar-refractivity contribution in [1.82, 2.24) is 4.98 Å². The van der Waals surface area contributed by atoms with Crippen LogP contribution in [0.15, 0.2) is 12.1 Å². The van der Waals surface area contributed by atoms with Crippen molar-refractivity contribution < 1.29 is 4.92 Å². The maximum absolute atomic E-state index is 11.2. The summed E-state index contributed by atoms with van der Waals surface area (Å²) >= 11 is 0. The summed E-state index contributed by atoms with van der Waals surface area (Å²) in [5.41, 5.74) is 0.0969. The molecular formula is C15H24N4O2. The van der Waals surface area contributed by atoms with Gasteiger partial charge in [-0.25, -0.2) is 4.98 Å². The molecule has 1 aromatic rings. The van der Waals surface area contributed by atoms with Crippen molar-refractivity contribution >= 4 is 17.3 Å². The largest absolute Gasteiger partial charge is 0.370 e. The molecule has 21 heavy (non-hydrogen) atoms. The third-order valence-corrected chi connectivity index (χ3v) is 4.19. The van der Waals surface area contributed by atoms with Gasteiger partial charge in [-0.2, -0.15) is 0 Å². The minimum absolute atomic E-state index is 0.0969. The first kappa shape index (κ1) is 15.5. The Kier molecular flexibility index (Phi) is 4.98. The fourth-order valence-corrected chi connectivity index (χ4v) is 2.87. The molecule has 6 nitrogen and oxygen atoms in total. The Labute approximate surface area is 125 Å². The van der Waals surface area contributed by atoms with Crippen molar-refractivity contribution in [3.63, 3.8) is 0 Å². The van der Waals surface area contributed by atoms with Gasteiger partial charge in [-0.05, 0) is 37.7 Å². The highest BCUT2D eigenvalue weighted by Crippen LogP contribution is 2.32. The monoisotopic (exact) mass is 292 g/mol. The summed E-state index contributed by atoms with van der Waals surface area (Å²) in [6.45, 7) is 8.90. The number of rotatable bonds is 5. The molecule has 2 heterocycles. The molecule has 0 spiro atoms. The average molecular weight is 292 g/mol.